The minimum atomic E-state index is -0.458. The fourth-order valence-electron chi connectivity index (χ4n) is 2.39. The Balaban J connectivity index is 1.88. The van der Waals surface area contributed by atoms with Gasteiger partial charge in [0.2, 0.25) is 0 Å². The number of pyridine rings is 1. The van der Waals surface area contributed by atoms with Crippen LogP contribution in [0.1, 0.15) is 33.6 Å². The molecule has 0 radical (unpaired) electrons. The van der Waals surface area contributed by atoms with Crippen molar-refractivity contribution in [2.75, 3.05) is 18.0 Å². The molecule has 0 saturated carbocycles. The van der Waals surface area contributed by atoms with Gasteiger partial charge < -0.3 is 15.0 Å². The fourth-order valence-corrected chi connectivity index (χ4v) is 2.39. The van der Waals surface area contributed by atoms with Crippen LogP contribution in [0.25, 0.3) is 0 Å². The van der Waals surface area contributed by atoms with Gasteiger partial charge in [0.05, 0.1) is 0 Å². The van der Waals surface area contributed by atoms with E-state index in [9.17, 15) is 4.79 Å². The van der Waals surface area contributed by atoms with Crippen LogP contribution in [-0.4, -0.2) is 35.8 Å². The maximum absolute atomic E-state index is 11.7. The summed E-state index contributed by atoms with van der Waals surface area (Å²) in [5, 5.41) is 2.85. The first kappa shape index (κ1) is 14.6. The molecule has 20 heavy (non-hydrogen) atoms. The molecule has 0 unspecified atom stereocenters. The van der Waals surface area contributed by atoms with Crippen LogP contribution in [0.5, 0.6) is 0 Å². The molecule has 0 aromatic carbocycles. The average Bonchev–Trinajstić information content (AvgIpc) is 2.83. The molecule has 2 rings (SSSR count). The van der Waals surface area contributed by atoms with Crippen LogP contribution >= 0.6 is 0 Å². The van der Waals surface area contributed by atoms with Crippen molar-refractivity contribution in [2.45, 2.75) is 45.3 Å². The maximum atomic E-state index is 11.7. The van der Waals surface area contributed by atoms with Crippen molar-refractivity contribution >= 4 is 11.9 Å². The van der Waals surface area contributed by atoms with Gasteiger partial charge in [0.15, 0.2) is 0 Å². The predicted molar refractivity (Wildman–Crippen MR) is 78.8 cm³/mol. The van der Waals surface area contributed by atoms with Crippen molar-refractivity contribution in [3.8, 4) is 0 Å². The zero-order valence-electron chi connectivity index (χ0n) is 12.4. The Morgan fingerprint density at radius 1 is 1.50 bits per heavy atom. The highest BCUT2D eigenvalue weighted by atomic mass is 16.6. The lowest BCUT2D eigenvalue weighted by molar-refractivity contribution is 0.0525. The Hall–Kier alpha value is -1.78. The number of aromatic nitrogens is 1. The fraction of sp³-hybridized carbons (Fsp3) is 0.600. The number of carbonyl (C=O) groups is 1. The molecule has 1 aromatic rings. The average molecular weight is 277 g/mol. The number of carbonyl (C=O) groups excluding carboxylic acids is 1. The zero-order valence-corrected chi connectivity index (χ0v) is 12.4. The molecule has 1 N–H and O–H groups in total. The molecule has 0 aliphatic carbocycles. The molecule has 0 spiro atoms. The molecule has 1 atom stereocenters. The number of ether oxygens (including phenoxy) is 1. The predicted octanol–water partition coefficient (Wildman–Crippen LogP) is 2.58. The first-order chi connectivity index (χ1) is 9.46. The van der Waals surface area contributed by atoms with Crippen LogP contribution < -0.4 is 10.2 Å². The molecule has 2 heterocycles. The van der Waals surface area contributed by atoms with E-state index in [1.807, 2.05) is 39.0 Å². The summed E-state index contributed by atoms with van der Waals surface area (Å²) in [6.07, 6.45) is 3.63. The number of nitrogens with one attached hydrogen (secondary N) is 1. The summed E-state index contributed by atoms with van der Waals surface area (Å²) < 4.78 is 5.25. The lowest BCUT2D eigenvalue weighted by Gasteiger charge is -2.26. The molecule has 1 saturated heterocycles. The number of nitrogens with zero attached hydrogens (tertiary/aromatic N) is 2. The number of rotatable bonds is 3. The Labute approximate surface area is 120 Å². The minimum Gasteiger partial charge on any atom is -0.444 e. The summed E-state index contributed by atoms with van der Waals surface area (Å²) in [7, 11) is 0. The summed E-state index contributed by atoms with van der Waals surface area (Å²) in [5.74, 6) is 0.973. The van der Waals surface area contributed by atoms with E-state index >= 15 is 0 Å². The van der Waals surface area contributed by atoms with E-state index in [2.05, 4.69) is 15.2 Å². The van der Waals surface area contributed by atoms with E-state index in [1.165, 1.54) is 0 Å². The molecule has 1 amide bonds. The first-order valence-corrected chi connectivity index (χ1v) is 7.10. The van der Waals surface area contributed by atoms with E-state index in [4.69, 9.17) is 4.74 Å². The quantitative estimate of drug-likeness (QED) is 0.922. The Morgan fingerprint density at radius 3 is 2.95 bits per heavy atom. The summed E-state index contributed by atoms with van der Waals surface area (Å²) in [4.78, 5) is 18.3. The second-order valence-electron chi connectivity index (χ2n) is 6.06. The van der Waals surface area contributed by atoms with Gasteiger partial charge in [-0.05, 0) is 45.7 Å². The van der Waals surface area contributed by atoms with Gasteiger partial charge in [-0.25, -0.2) is 9.78 Å². The molecule has 110 valence electrons. The molecular formula is C15H23N3O2. The van der Waals surface area contributed by atoms with Crippen molar-refractivity contribution < 1.29 is 9.53 Å². The van der Waals surface area contributed by atoms with Gasteiger partial charge in [-0.15, -0.1) is 0 Å². The van der Waals surface area contributed by atoms with E-state index < -0.39 is 5.60 Å². The second-order valence-corrected chi connectivity index (χ2v) is 6.06. The maximum Gasteiger partial charge on any atom is 0.407 e. The summed E-state index contributed by atoms with van der Waals surface area (Å²) in [6.45, 7) is 7.16. The van der Waals surface area contributed by atoms with Crippen LogP contribution in [0.4, 0.5) is 10.6 Å². The first-order valence-electron chi connectivity index (χ1n) is 7.10. The van der Waals surface area contributed by atoms with Crippen LogP contribution in [0, 0.1) is 0 Å². The molecule has 1 aromatic heterocycles. The van der Waals surface area contributed by atoms with E-state index in [0.717, 1.165) is 25.2 Å². The van der Waals surface area contributed by atoms with Gasteiger partial charge in [0.25, 0.3) is 0 Å². The zero-order chi connectivity index (χ0) is 14.6. The minimum absolute atomic E-state index is 0.289. The lowest BCUT2D eigenvalue weighted by Crippen LogP contribution is -2.42. The van der Waals surface area contributed by atoms with Crippen molar-refractivity contribution in [2.24, 2.45) is 0 Å². The smallest absolute Gasteiger partial charge is 0.407 e. The SMILES string of the molecule is CC(C)(C)OC(=O)NC[C@@H]1CCCN1c1ccccn1. The standard InChI is InChI=1S/C15H23N3O2/c1-15(2,3)20-14(19)17-11-12-7-6-10-18(12)13-8-4-5-9-16-13/h4-5,8-9,12H,6-7,10-11H2,1-3H3,(H,17,19)/t12-/m0/s1. The molecular weight excluding hydrogens is 254 g/mol. The van der Waals surface area contributed by atoms with Gasteiger partial charge >= 0.3 is 6.09 Å². The van der Waals surface area contributed by atoms with Crippen LogP contribution in [0.3, 0.4) is 0 Å². The molecule has 1 aliphatic rings. The number of hydrogen-bond donors (Lipinski definition) is 1. The highest BCUT2D eigenvalue weighted by Crippen LogP contribution is 2.22. The number of anilines is 1. The number of alkyl carbamates (subject to hydrolysis) is 1. The van der Waals surface area contributed by atoms with E-state index in [0.29, 0.717) is 6.54 Å². The Morgan fingerprint density at radius 2 is 2.30 bits per heavy atom. The van der Waals surface area contributed by atoms with Crippen LogP contribution in [0.15, 0.2) is 24.4 Å². The molecule has 1 fully saturated rings. The molecule has 5 nitrogen and oxygen atoms in total. The number of hydrogen-bond acceptors (Lipinski definition) is 4. The largest absolute Gasteiger partial charge is 0.444 e. The lowest BCUT2D eigenvalue weighted by atomic mass is 10.2. The van der Waals surface area contributed by atoms with Crippen molar-refractivity contribution in [1.29, 1.82) is 0 Å². The summed E-state index contributed by atoms with van der Waals surface area (Å²) in [5.41, 5.74) is -0.458. The van der Waals surface area contributed by atoms with Gasteiger partial charge in [-0.2, -0.15) is 0 Å². The summed E-state index contributed by atoms with van der Waals surface area (Å²) >= 11 is 0. The highest BCUT2D eigenvalue weighted by Gasteiger charge is 2.26. The van der Waals surface area contributed by atoms with Crippen molar-refractivity contribution in [3.63, 3.8) is 0 Å². The third-order valence-corrected chi connectivity index (χ3v) is 3.20. The summed E-state index contributed by atoms with van der Waals surface area (Å²) in [6, 6.07) is 6.19. The van der Waals surface area contributed by atoms with Crippen molar-refractivity contribution in [1.82, 2.24) is 10.3 Å². The van der Waals surface area contributed by atoms with Crippen molar-refractivity contribution in [3.05, 3.63) is 24.4 Å². The molecule has 1 aliphatic heterocycles. The highest BCUT2D eigenvalue weighted by molar-refractivity contribution is 5.67. The second kappa shape index (κ2) is 6.11. The molecule has 0 bridgehead atoms. The monoisotopic (exact) mass is 277 g/mol. The van der Waals surface area contributed by atoms with Gasteiger partial charge in [0.1, 0.15) is 11.4 Å². The third kappa shape index (κ3) is 4.11. The Bertz CT molecular complexity index is 442. The van der Waals surface area contributed by atoms with Crippen LogP contribution in [0.2, 0.25) is 0 Å². The normalized spacial score (nSPS) is 18.9. The van der Waals surface area contributed by atoms with Gasteiger partial charge in [0, 0.05) is 25.3 Å². The molecule has 5 heteroatoms. The van der Waals surface area contributed by atoms with E-state index in [1.54, 1.807) is 6.20 Å². The van der Waals surface area contributed by atoms with Gasteiger partial charge in [-0.1, -0.05) is 6.07 Å². The van der Waals surface area contributed by atoms with Crippen LogP contribution in [-0.2, 0) is 4.74 Å². The number of amides is 1. The van der Waals surface area contributed by atoms with E-state index in [-0.39, 0.29) is 12.1 Å². The van der Waals surface area contributed by atoms with Gasteiger partial charge in [-0.3, -0.25) is 0 Å². The topological polar surface area (TPSA) is 54.5 Å². The Kier molecular flexibility index (Phi) is 4.47. The third-order valence-electron chi connectivity index (χ3n) is 3.20.